The highest BCUT2D eigenvalue weighted by Crippen LogP contribution is 2.48. The average Bonchev–Trinajstić information content (AvgIpc) is 2.89. The van der Waals surface area contributed by atoms with E-state index in [9.17, 15) is 5.11 Å². The van der Waals surface area contributed by atoms with Crippen molar-refractivity contribution in [2.45, 2.75) is 46.5 Å². The van der Waals surface area contributed by atoms with E-state index in [0.29, 0.717) is 17.9 Å². The molecule has 14 heavy (non-hydrogen) atoms. The van der Waals surface area contributed by atoms with Crippen LogP contribution in [-0.2, 0) is 0 Å². The van der Waals surface area contributed by atoms with E-state index in [2.05, 4.69) is 20.8 Å². The highest BCUT2D eigenvalue weighted by atomic mass is 16.3. The molecule has 1 unspecified atom stereocenters. The normalized spacial score (nSPS) is 22.1. The lowest BCUT2D eigenvalue weighted by molar-refractivity contribution is 0.0857. The smallest absolute Gasteiger partial charge is 0.0502 e. The van der Waals surface area contributed by atoms with E-state index < -0.39 is 0 Å². The van der Waals surface area contributed by atoms with Gasteiger partial charge < -0.3 is 10.8 Å². The van der Waals surface area contributed by atoms with Gasteiger partial charge in [0.1, 0.15) is 0 Å². The van der Waals surface area contributed by atoms with Crippen LogP contribution in [0.1, 0.15) is 46.5 Å². The third-order valence-corrected chi connectivity index (χ3v) is 3.54. The minimum atomic E-state index is 0.0350. The van der Waals surface area contributed by atoms with E-state index in [4.69, 9.17) is 5.73 Å². The van der Waals surface area contributed by atoms with Crippen LogP contribution in [0.15, 0.2) is 0 Å². The van der Waals surface area contributed by atoms with Crippen molar-refractivity contribution in [1.29, 1.82) is 0 Å². The van der Waals surface area contributed by atoms with Crippen LogP contribution < -0.4 is 5.73 Å². The van der Waals surface area contributed by atoms with Gasteiger partial charge in [0.2, 0.25) is 0 Å². The molecule has 2 nitrogen and oxygen atoms in total. The second kappa shape index (κ2) is 4.19. The minimum Gasteiger partial charge on any atom is -0.396 e. The van der Waals surface area contributed by atoms with Crippen LogP contribution in [0, 0.1) is 16.7 Å². The maximum atomic E-state index is 9.50. The van der Waals surface area contributed by atoms with Crippen molar-refractivity contribution in [2.75, 3.05) is 13.2 Å². The van der Waals surface area contributed by atoms with Gasteiger partial charge in [-0.05, 0) is 37.0 Å². The molecular formula is C12H25NO. The Labute approximate surface area is 87.9 Å². The van der Waals surface area contributed by atoms with E-state index in [-0.39, 0.29) is 12.0 Å². The third kappa shape index (κ3) is 2.96. The summed E-state index contributed by atoms with van der Waals surface area (Å²) in [6.07, 6.45) is 4.76. The quantitative estimate of drug-likeness (QED) is 0.712. The average molecular weight is 199 g/mol. The third-order valence-electron chi connectivity index (χ3n) is 3.54. The van der Waals surface area contributed by atoms with Crippen molar-refractivity contribution in [2.24, 2.45) is 22.5 Å². The number of hydrogen-bond acceptors (Lipinski definition) is 2. The first-order valence-corrected chi connectivity index (χ1v) is 5.74. The van der Waals surface area contributed by atoms with Crippen molar-refractivity contribution in [1.82, 2.24) is 0 Å². The molecule has 84 valence electrons. The Kier molecular flexibility index (Phi) is 3.59. The zero-order chi connectivity index (χ0) is 10.8. The summed E-state index contributed by atoms with van der Waals surface area (Å²) in [6, 6.07) is 0. The molecule has 0 aromatic carbocycles. The second-order valence-electron chi connectivity index (χ2n) is 6.06. The summed E-state index contributed by atoms with van der Waals surface area (Å²) in [5.74, 6) is 0.694. The second-order valence-corrected chi connectivity index (χ2v) is 6.06. The van der Waals surface area contributed by atoms with Gasteiger partial charge in [0.25, 0.3) is 0 Å². The van der Waals surface area contributed by atoms with Crippen LogP contribution in [0.4, 0.5) is 0 Å². The maximum Gasteiger partial charge on any atom is 0.0502 e. The van der Waals surface area contributed by atoms with Gasteiger partial charge in [-0.25, -0.2) is 0 Å². The largest absolute Gasteiger partial charge is 0.396 e. The molecule has 3 N–H and O–H groups in total. The van der Waals surface area contributed by atoms with Crippen LogP contribution in [0.25, 0.3) is 0 Å². The molecule has 0 bridgehead atoms. The van der Waals surface area contributed by atoms with Gasteiger partial charge >= 0.3 is 0 Å². The lowest BCUT2D eigenvalue weighted by Gasteiger charge is -2.33. The molecule has 1 aliphatic carbocycles. The lowest BCUT2D eigenvalue weighted by atomic mass is 9.75. The first kappa shape index (κ1) is 12.0. The molecule has 0 aliphatic heterocycles. The minimum absolute atomic E-state index is 0.0350. The van der Waals surface area contributed by atoms with Gasteiger partial charge in [-0.2, -0.15) is 0 Å². The fourth-order valence-electron chi connectivity index (χ4n) is 2.07. The Hall–Kier alpha value is -0.0800. The molecule has 0 radical (unpaired) electrons. The van der Waals surface area contributed by atoms with Crippen molar-refractivity contribution < 1.29 is 5.11 Å². The summed E-state index contributed by atoms with van der Waals surface area (Å²) in [6.45, 7) is 7.66. The summed E-state index contributed by atoms with van der Waals surface area (Å²) in [4.78, 5) is 0. The van der Waals surface area contributed by atoms with Crippen LogP contribution in [0.5, 0.6) is 0 Å². The lowest BCUT2D eigenvalue weighted by Crippen LogP contribution is -2.37. The zero-order valence-electron chi connectivity index (χ0n) is 9.84. The molecule has 0 spiro atoms. The van der Waals surface area contributed by atoms with Crippen LogP contribution in [0.3, 0.4) is 0 Å². The van der Waals surface area contributed by atoms with Crippen LogP contribution in [-0.4, -0.2) is 18.3 Å². The van der Waals surface area contributed by atoms with Crippen molar-refractivity contribution in [3.05, 3.63) is 0 Å². The molecule has 0 aromatic heterocycles. The van der Waals surface area contributed by atoms with E-state index >= 15 is 0 Å². The van der Waals surface area contributed by atoms with Crippen LogP contribution >= 0.6 is 0 Å². The molecule has 0 aromatic rings. The molecule has 0 amide bonds. The number of rotatable bonds is 5. The van der Waals surface area contributed by atoms with Gasteiger partial charge in [0.05, 0.1) is 6.61 Å². The fourth-order valence-corrected chi connectivity index (χ4v) is 2.07. The highest BCUT2D eigenvalue weighted by Gasteiger charge is 2.43. The monoisotopic (exact) mass is 199 g/mol. The summed E-state index contributed by atoms with van der Waals surface area (Å²) in [5.41, 5.74) is 6.22. The fraction of sp³-hybridized carbons (Fsp3) is 1.00. The van der Waals surface area contributed by atoms with Gasteiger partial charge in [-0.1, -0.05) is 20.8 Å². The van der Waals surface area contributed by atoms with Gasteiger partial charge in [0.15, 0.2) is 0 Å². The van der Waals surface area contributed by atoms with Crippen LogP contribution in [0.2, 0.25) is 0 Å². The van der Waals surface area contributed by atoms with Gasteiger partial charge in [0, 0.05) is 12.0 Å². The number of aliphatic hydroxyl groups excluding tert-OH is 1. The zero-order valence-corrected chi connectivity index (χ0v) is 9.84. The molecule has 0 saturated heterocycles. The Bertz CT molecular complexity index is 175. The van der Waals surface area contributed by atoms with E-state index in [1.807, 2.05) is 0 Å². The Morgan fingerprint density at radius 3 is 2.07 bits per heavy atom. The van der Waals surface area contributed by atoms with Crippen molar-refractivity contribution in [3.8, 4) is 0 Å². The molecule has 1 atom stereocenters. The molecule has 2 heteroatoms. The maximum absolute atomic E-state index is 9.50. The number of hydrogen-bond donors (Lipinski definition) is 2. The number of aliphatic hydroxyl groups is 1. The van der Waals surface area contributed by atoms with E-state index in [1.165, 1.54) is 12.8 Å². The number of nitrogens with two attached hydrogens (primary N) is 1. The highest BCUT2D eigenvalue weighted by molar-refractivity contribution is 4.95. The first-order chi connectivity index (χ1) is 6.43. The van der Waals surface area contributed by atoms with E-state index in [0.717, 1.165) is 12.8 Å². The molecule has 1 rings (SSSR count). The molecule has 1 aliphatic rings. The summed E-state index contributed by atoms with van der Waals surface area (Å²) >= 11 is 0. The Morgan fingerprint density at radius 1 is 1.21 bits per heavy atom. The topological polar surface area (TPSA) is 46.2 Å². The molecule has 1 fully saturated rings. The molecule has 0 heterocycles. The van der Waals surface area contributed by atoms with Crippen molar-refractivity contribution in [3.63, 3.8) is 0 Å². The van der Waals surface area contributed by atoms with E-state index in [1.54, 1.807) is 0 Å². The first-order valence-electron chi connectivity index (χ1n) is 5.74. The summed E-state index contributed by atoms with van der Waals surface area (Å²) < 4.78 is 0. The molecule has 1 saturated carbocycles. The summed E-state index contributed by atoms with van der Waals surface area (Å²) in [5, 5.41) is 9.50. The predicted molar refractivity (Wildman–Crippen MR) is 60.0 cm³/mol. The Balaban J connectivity index is 2.50. The molecular weight excluding hydrogens is 174 g/mol. The summed E-state index contributed by atoms with van der Waals surface area (Å²) in [7, 11) is 0. The Morgan fingerprint density at radius 2 is 1.79 bits per heavy atom. The standard InChI is InChI=1S/C12H25NO/c1-11(2,3)6-7-12(8-13,9-14)10-4-5-10/h10,14H,4-9,13H2,1-3H3. The predicted octanol–water partition coefficient (Wildman–Crippen LogP) is 2.16. The SMILES string of the molecule is CC(C)(C)CCC(CN)(CO)C1CC1. The van der Waals surface area contributed by atoms with Gasteiger partial charge in [-0.15, -0.1) is 0 Å². The van der Waals surface area contributed by atoms with Crippen molar-refractivity contribution >= 4 is 0 Å². The van der Waals surface area contributed by atoms with Gasteiger partial charge in [-0.3, -0.25) is 0 Å².